The number of rotatable bonds is 4. The molecule has 2 N–H and O–H groups in total. The van der Waals surface area contributed by atoms with Gasteiger partial charge in [0.1, 0.15) is 0 Å². The first-order chi connectivity index (χ1) is 9.13. The molecule has 2 aromatic carbocycles. The molecule has 0 bridgehead atoms. The highest BCUT2D eigenvalue weighted by atomic mass is 79.9. The molecule has 0 aliphatic rings. The topological polar surface area (TPSA) is 26.0 Å². The minimum Gasteiger partial charge on any atom is -0.320 e. The molecule has 1 unspecified atom stereocenters. The van der Waals surface area contributed by atoms with Crippen LogP contribution >= 0.6 is 15.9 Å². The molecule has 100 valence electrons. The van der Waals surface area contributed by atoms with E-state index in [0.717, 1.165) is 22.9 Å². The van der Waals surface area contributed by atoms with E-state index in [2.05, 4.69) is 72.2 Å². The van der Waals surface area contributed by atoms with Crippen molar-refractivity contribution in [2.45, 2.75) is 32.7 Å². The third-order valence-electron chi connectivity index (χ3n) is 3.41. The van der Waals surface area contributed by atoms with E-state index in [1.54, 1.807) is 0 Å². The lowest BCUT2D eigenvalue weighted by molar-refractivity contribution is 0.852. The first kappa shape index (κ1) is 14.3. The minimum absolute atomic E-state index is 0.0777. The van der Waals surface area contributed by atoms with E-state index in [1.165, 1.54) is 16.7 Å². The van der Waals surface area contributed by atoms with Gasteiger partial charge in [0, 0.05) is 4.47 Å². The summed E-state index contributed by atoms with van der Waals surface area (Å²) in [7, 11) is 0. The first-order valence-corrected chi connectivity index (χ1v) is 7.52. The van der Waals surface area contributed by atoms with Gasteiger partial charge < -0.3 is 5.73 Å². The number of nitrogens with two attached hydrogens (primary N) is 1. The van der Waals surface area contributed by atoms with Crippen molar-refractivity contribution in [2.75, 3.05) is 0 Å². The summed E-state index contributed by atoms with van der Waals surface area (Å²) in [6.07, 6.45) is 2.27. The molecule has 0 amide bonds. The maximum absolute atomic E-state index is 6.42. The van der Waals surface area contributed by atoms with Crippen LogP contribution in [0.4, 0.5) is 0 Å². The molecule has 0 aliphatic heterocycles. The van der Waals surface area contributed by atoms with Crippen molar-refractivity contribution in [3.05, 3.63) is 69.2 Å². The second-order valence-corrected chi connectivity index (χ2v) is 5.74. The van der Waals surface area contributed by atoms with E-state index in [0.29, 0.717) is 0 Å². The van der Waals surface area contributed by atoms with Gasteiger partial charge in [0.15, 0.2) is 0 Å². The van der Waals surface area contributed by atoms with Crippen molar-refractivity contribution < 1.29 is 0 Å². The lowest BCUT2D eigenvalue weighted by atomic mass is 9.96. The number of halogens is 1. The SMILES string of the molecule is CCCc1cccc(C(N)c2cccc(C)c2Br)c1. The lowest BCUT2D eigenvalue weighted by Gasteiger charge is -2.16. The standard InChI is InChI=1S/C17H20BrN/c1-3-6-13-8-5-9-14(11-13)17(19)15-10-4-7-12(2)16(15)18/h4-5,7-11,17H,3,6,19H2,1-2H3. The molecule has 0 heterocycles. The zero-order chi connectivity index (χ0) is 13.8. The van der Waals surface area contributed by atoms with Crippen LogP contribution in [0.1, 0.15) is 41.6 Å². The fourth-order valence-electron chi connectivity index (χ4n) is 2.32. The molecular formula is C17H20BrN. The van der Waals surface area contributed by atoms with Crippen LogP contribution in [0, 0.1) is 6.92 Å². The van der Waals surface area contributed by atoms with Crippen LogP contribution in [0.3, 0.4) is 0 Å². The molecule has 2 rings (SSSR count). The second kappa shape index (κ2) is 6.36. The Kier molecular flexibility index (Phi) is 4.78. The molecule has 19 heavy (non-hydrogen) atoms. The van der Waals surface area contributed by atoms with Gasteiger partial charge in [-0.25, -0.2) is 0 Å². The zero-order valence-electron chi connectivity index (χ0n) is 11.5. The van der Waals surface area contributed by atoms with Gasteiger partial charge in [-0.15, -0.1) is 0 Å². The number of hydrogen-bond donors (Lipinski definition) is 1. The molecule has 2 heteroatoms. The van der Waals surface area contributed by atoms with Gasteiger partial charge in [0.2, 0.25) is 0 Å². The van der Waals surface area contributed by atoms with Crippen LogP contribution in [0.2, 0.25) is 0 Å². The largest absolute Gasteiger partial charge is 0.320 e. The summed E-state index contributed by atoms with van der Waals surface area (Å²) in [5.74, 6) is 0. The Morgan fingerprint density at radius 1 is 1.16 bits per heavy atom. The average molecular weight is 318 g/mol. The van der Waals surface area contributed by atoms with Gasteiger partial charge in [-0.1, -0.05) is 71.7 Å². The van der Waals surface area contributed by atoms with Crippen LogP contribution in [-0.2, 0) is 6.42 Å². The van der Waals surface area contributed by atoms with Gasteiger partial charge >= 0.3 is 0 Å². The Hall–Kier alpha value is -1.12. The number of benzene rings is 2. The summed E-state index contributed by atoms with van der Waals surface area (Å²) in [6, 6.07) is 14.8. The van der Waals surface area contributed by atoms with Crippen molar-refractivity contribution in [3.63, 3.8) is 0 Å². The van der Waals surface area contributed by atoms with Gasteiger partial charge in [0.05, 0.1) is 6.04 Å². The molecule has 0 aliphatic carbocycles. The van der Waals surface area contributed by atoms with Gasteiger partial charge in [-0.2, -0.15) is 0 Å². The van der Waals surface area contributed by atoms with Crippen LogP contribution in [0.25, 0.3) is 0 Å². The molecule has 0 radical (unpaired) electrons. The summed E-state index contributed by atoms with van der Waals surface area (Å²) >= 11 is 3.65. The Bertz CT molecular complexity index is 563. The third kappa shape index (κ3) is 3.26. The molecule has 0 saturated carbocycles. The highest BCUT2D eigenvalue weighted by Gasteiger charge is 2.13. The highest BCUT2D eigenvalue weighted by molar-refractivity contribution is 9.10. The molecule has 0 aromatic heterocycles. The minimum atomic E-state index is -0.0777. The van der Waals surface area contributed by atoms with Crippen LogP contribution in [0.15, 0.2) is 46.9 Å². The molecule has 0 saturated heterocycles. The number of aryl methyl sites for hydroxylation is 2. The molecule has 0 fully saturated rings. The molecule has 1 atom stereocenters. The monoisotopic (exact) mass is 317 g/mol. The van der Waals surface area contributed by atoms with Crippen molar-refractivity contribution >= 4 is 15.9 Å². The van der Waals surface area contributed by atoms with Crippen LogP contribution in [0.5, 0.6) is 0 Å². The van der Waals surface area contributed by atoms with Crippen molar-refractivity contribution in [2.24, 2.45) is 5.73 Å². The van der Waals surface area contributed by atoms with E-state index in [-0.39, 0.29) is 6.04 Å². The maximum atomic E-state index is 6.42. The van der Waals surface area contributed by atoms with E-state index >= 15 is 0 Å². The molecule has 1 nitrogen and oxygen atoms in total. The predicted molar refractivity (Wildman–Crippen MR) is 85.3 cm³/mol. The Balaban J connectivity index is 2.35. The van der Waals surface area contributed by atoms with Gasteiger partial charge in [-0.05, 0) is 35.6 Å². The summed E-state index contributed by atoms with van der Waals surface area (Å²) in [5.41, 5.74) is 11.3. The van der Waals surface area contributed by atoms with Crippen LogP contribution < -0.4 is 5.73 Å². The molecular weight excluding hydrogens is 298 g/mol. The quantitative estimate of drug-likeness (QED) is 0.864. The summed E-state index contributed by atoms with van der Waals surface area (Å²) in [4.78, 5) is 0. The summed E-state index contributed by atoms with van der Waals surface area (Å²) < 4.78 is 1.11. The van der Waals surface area contributed by atoms with Gasteiger partial charge in [-0.3, -0.25) is 0 Å². The summed E-state index contributed by atoms with van der Waals surface area (Å²) in [5, 5.41) is 0. The second-order valence-electron chi connectivity index (χ2n) is 4.95. The zero-order valence-corrected chi connectivity index (χ0v) is 13.1. The Labute approximate surface area is 124 Å². The van der Waals surface area contributed by atoms with Crippen LogP contribution in [-0.4, -0.2) is 0 Å². The Morgan fingerprint density at radius 3 is 2.63 bits per heavy atom. The van der Waals surface area contributed by atoms with Crippen molar-refractivity contribution in [1.82, 2.24) is 0 Å². The highest BCUT2D eigenvalue weighted by Crippen LogP contribution is 2.29. The normalized spacial score (nSPS) is 12.4. The average Bonchev–Trinajstić information content (AvgIpc) is 2.42. The summed E-state index contributed by atoms with van der Waals surface area (Å²) in [6.45, 7) is 4.29. The van der Waals surface area contributed by atoms with Crippen molar-refractivity contribution in [3.8, 4) is 0 Å². The van der Waals surface area contributed by atoms with E-state index in [1.807, 2.05) is 0 Å². The van der Waals surface area contributed by atoms with Crippen molar-refractivity contribution in [1.29, 1.82) is 0 Å². The lowest BCUT2D eigenvalue weighted by Crippen LogP contribution is -2.13. The fourth-order valence-corrected chi connectivity index (χ4v) is 2.83. The van der Waals surface area contributed by atoms with E-state index in [9.17, 15) is 0 Å². The smallest absolute Gasteiger partial charge is 0.0563 e. The van der Waals surface area contributed by atoms with Gasteiger partial charge in [0.25, 0.3) is 0 Å². The Morgan fingerprint density at radius 2 is 1.89 bits per heavy atom. The molecule has 2 aromatic rings. The first-order valence-electron chi connectivity index (χ1n) is 6.73. The number of hydrogen-bond acceptors (Lipinski definition) is 1. The van der Waals surface area contributed by atoms with E-state index < -0.39 is 0 Å². The maximum Gasteiger partial charge on any atom is 0.0563 e. The van der Waals surface area contributed by atoms with E-state index in [4.69, 9.17) is 5.73 Å². The molecule has 0 spiro atoms. The third-order valence-corrected chi connectivity index (χ3v) is 4.49. The predicted octanol–water partition coefficient (Wildman–Crippen LogP) is 4.76. The fraction of sp³-hybridized carbons (Fsp3) is 0.294.